The molecule has 2 rings (SSSR count). The first kappa shape index (κ1) is 12.4. The Bertz CT molecular complexity index is 482. The average Bonchev–Trinajstić information content (AvgIpc) is 2.86. The highest BCUT2D eigenvalue weighted by Gasteiger charge is 2.31. The third-order valence-electron chi connectivity index (χ3n) is 3.06. The van der Waals surface area contributed by atoms with Crippen LogP contribution in [-0.4, -0.2) is 46.1 Å². The number of hydrogen-bond acceptors (Lipinski definition) is 4. The van der Waals surface area contributed by atoms with Gasteiger partial charge < -0.3 is 16.0 Å². The molecule has 7 heteroatoms. The van der Waals surface area contributed by atoms with E-state index in [9.17, 15) is 9.59 Å². The highest BCUT2D eigenvalue weighted by atomic mass is 16.2. The summed E-state index contributed by atoms with van der Waals surface area (Å²) in [5.74, 6) is -0.467. The van der Waals surface area contributed by atoms with E-state index in [1.165, 1.54) is 0 Å². The van der Waals surface area contributed by atoms with Crippen molar-refractivity contribution in [1.82, 2.24) is 20.0 Å². The third kappa shape index (κ3) is 2.15. The highest BCUT2D eigenvalue weighted by molar-refractivity contribution is 6.00. The molecule has 1 fully saturated rings. The van der Waals surface area contributed by atoms with Crippen molar-refractivity contribution in [3.8, 4) is 0 Å². The van der Waals surface area contributed by atoms with Gasteiger partial charge in [-0.1, -0.05) is 0 Å². The second-order valence-electron chi connectivity index (χ2n) is 4.36. The molecule has 1 atom stereocenters. The largest absolute Gasteiger partial charge is 0.396 e. The predicted octanol–water partition coefficient (Wildman–Crippen LogP) is -0.554. The van der Waals surface area contributed by atoms with Crippen LogP contribution in [0.1, 0.15) is 23.8 Å². The molecule has 3 N–H and O–H groups in total. The fourth-order valence-corrected chi connectivity index (χ4v) is 1.96. The van der Waals surface area contributed by atoms with Crippen LogP contribution >= 0.6 is 0 Å². The summed E-state index contributed by atoms with van der Waals surface area (Å²) in [6.45, 7) is 3.20. The predicted molar refractivity (Wildman–Crippen MR) is 65.8 cm³/mol. The fraction of sp³-hybridized carbons (Fsp3) is 0.545. The molecule has 1 aliphatic rings. The summed E-state index contributed by atoms with van der Waals surface area (Å²) in [4.78, 5) is 25.2. The van der Waals surface area contributed by atoms with Gasteiger partial charge in [0, 0.05) is 26.3 Å². The number of aryl methyl sites for hydroxylation is 1. The molecular weight excluding hydrogens is 234 g/mol. The topological polar surface area (TPSA) is 93.2 Å². The maximum Gasteiger partial charge on any atom is 0.274 e. The summed E-state index contributed by atoms with van der Waals surface area (Å²) in [6.07, 6.45) is 2.23. The minimum absolute atomic E-state index is 0.0724. The lowest BCUT2D eigenvalue weighted by molar-refractivity contribution is -0.128. The van der Waals surface area contributed by atoms with Crippen molar-refractivity contribution in [3.63, 3.8) is 0 Å². The molecule has 18 heavy (non-hydrogen) atoms. The van der Waals surface area contributed by atoms with Crippen LogP contribution in [0.4, 0.5) is 5.69 Å². The van der Waals surface area contributed by atoms with E-state index in [0.717, 1.165) is 0 Å². The number of likely N-dealkylation sites (N-methyl/N-ethyl adjacent to an activating group) is 1. The summed E-state index contributed by atoms with van der Waals surface area (Å²) < 4.78 is 1.59. The number of aromatic nitrogens is 2. The second kappa shape index (κ2) is 4.67. The van der Waals surface area contributed by atoms with Crippen molar-refractivity contribution in [2.24, 2.45) is 0 Å². The van der Waals surface area contributed by atoms with E-state index in [2.05, 4.69) is 10.4 Å². The van der Waals surface area contributed by atoms with Gasteiger partial charge in [0.15, 0.2) is 5.69 Å². The van der Waals surface area contributed by atoms with Gasteiger partial charge in [0.05, 0.1) is 5.69 Å². The molecule has 0 radical (unpaired) electrons. The first-order valence-electron chi connectivity index (χ1n) is 5.91. The van der Waals surface area contributed by atoms with Crippen LogP contribution in [-0.2, 0) is 11.3 Å². The number of carbonyl (C=O) groups excluding carboxylic acids is 2. The lowest BCUT2D eigenvalue weighted by Gasteiger charge is -2.11. The van der Waals surface area contributed by atoms with Crippen LogP contribution in [0.2, 0.25) is 0 Å². The summed E-state index contributed by atoms with van der Waals surface area (Å²) in [5, 5.41) is 6.74. The highest BCUT2D eigenvalue weighted by Crippen LogP contribution is 2.12. The van der Waals surface area contributed by atoms with Gasteiger partial charge in [0.25, 0.3) is 5.91 Å². The number of anilines is 1. The van der Waals surface area contributed by atoms with Gasteiger partial charge in [-0.15, -0.1) is 0 Å². The number of nitrogen functional groups attached to an aromatic ring is 1. The Morgan fingerprint density at radius 3 is 2.89 bits per heavy atom. The van der Waals surface area contributed by atoms with Crippen LogP contribution in [0.25, 0.3) is 0 Å². The minimum Gasteiger partial charge on any atom is -0.396 e. The molecule has 7 nitrogen and oxygen atoms in total. The van der Waals surface area contributed by atoms with Gasteiger partial charge >= 0.3 is 0 Å². The second-order valence-corrected chi connectivity index (χ2v) is 4.36. The van der Waals surface area contributed by atoms with E-state index in [-0.39, 0.29) is 11.6 Å². The van der Waals surface area contributed by atoms with Crippen LogP contribution in [0.15, 0.2) is 6.20 Å². The van der Waals surface area contributed by atoms with Crippen molar-refractivity contribution in [2.75, 3.05) is 19.3 Å². The van der Waals surface area contributed by atoms with Crippen molar-refractivity contribution < 1.29 is 9.59 Å². The normalized spacial score (nSPS) is 19.3. The molecule has 1 aromatic heterocycles. The van der Waals surface area contributed by atoms with Crippen molar-refractivity contribution >= 4 is 17.5 Å². The molecule has 0 saturated carbocycles. The Kier molecular flexibility index (Phi) is 3.22. The molecular formula is C11H17N5O2. The van der Waals surface area contributed by atoms with Gasteiger partial charge in [-0.2, -0.15) is 5.10 Å². The van der Waals surface area contributed by atoms with E-state index < -0.39 is 11.9 Å². The van der Waals surface area contributed by atoms with Crippen molar-refractivity contribution in [2.45, 2.75) is 25.9 Å². The molecule has 0 aliphatic carbocycles. The van der Waals surface area contributed by atoms with E-state index in [1.54, 1.807) is 22.8 Å². The maximum atomic E-state index is 12.0. The summed E-state index contributed by atoms with van der Waals surface area (Å²) >= 11 is 0. The number of hydrogen-bond donors (Lipinski definition) is 2. The van der Waals surface area contributed by atoms with Gasteiger partial charge in [-0.25, -0.2) is 0 Å². The third-order valence-corrected chi connectivity index (χ3v) is 3.06. The molecule has 1 aromatic rings. The lowest BCUT2D eigenvalue weighted by Crippen LogP contribution is -2.40. The molecule has 1 unspecified atom stereocenters. The quantitative estimate of drug-likeness (QED) is 0.753. The summed E-state index contributed by atoms with van der Waals surface area (Å²) in [7, 11) is 1.72. The smallest absolute Gasteiger partial charge is 0.274 e. The Morgan fingerprint density at radius 2 is 2.39 bits per heavy atom. The molecule has 0 aromatic carbocycles. The Morgan fingerprint density at radius 1 is 1.67 bits per heavy atom. The number of carbonyl (C=O) groups is 2. The maximum absolute atomic E-state index is 12.0. The van der Waals surface area contributed by atoms with Gasteiger partial charge in [-0.3, -0.25) is 14.3 Å². The number of nitrogens with one attached hydrogen (secondary N) is 1. The Balaban J connectivity index is 2.08. The van der Waals surface area contributed by atoms with E-state index in [4.69, 9.17) is 5.73 Å². The van der Waals surface area contributed by atoms with Crippen LogP contribution in [0, 0.1) is 0 Å². The van der Waals surface area contributed by atoms with Crippen LogP contribution < -0.4 is 11.1 Å². The standard InChI is InChI=1S/C11H17N5O2/c1-3-16-6-7(12)9(14-16)10(17)13-8-4-5-15(2)11(8)18/h6,8H,3-5,12H2,1-2H3,(H,13,17). The molecule has 1 aliphatic heterocycles. The zero-order valence-corrected chi connectivity index (χ0v) is 10.5. The zero-order valence-electron chi connectivity index (χ0n) is 10.5. The van der Waals surface area contributed by atoms with Crippen molar-refractivity contribution in [1.29, 1.82) is 0 Å². The number of rotatable bonds is 3. The zero-order chi connectivity index (χ0) is 13.3. The number of nitrogens with zero attached hydrogens (tertiary/aromatic N) is 3. The monoisotopic (exact) mass is 251 g/mol. The summed E-state index contributed by atoms with van der Waals surface area (Å²) in [5.41, 5.74) is 6.22. The van der Waals surface area contributed by atoms with Crippen molar-refractivity contribution in [3.05, 3.63) is 11.9 Å². The number of nitrogens with two attached hydrogens (primary N) is 1. The molecule has 98 valence electrons. The number of likely N-dealkylation sites (tertiary alicyclic amines) is 1. The average molecular weight is 251 g/mol. The summed E-state index contributed by atoms with van der Waals surface area (Å²) in [6, 6.07) is -0.464. The Hall–Kier alpha value is -2.05. The first-order chi connectivity index (χ1) is 8.52. The molecule has 0 bridgehead atoms. The molecule has 1 saturated heterocycles. The minimum atomic E-state index is -0.464. The fourth-order valence-electron chi connectivity index (χ4n) is 1.96. The van der Waals surface area contributed by atoms with Gasteiger partial charge in [0.1, 0.15) is 6.04 Å². The van der Waals surface area contributed by atoms with Gasteiger partial charge in [-0.05, 0) is 13.3 Å². The van der Waals surface area contributed by atoms with Gasteiger partial charge in [0.2, 0.25) is 5.91 Å². The van der Waals surface area contributed by atoms with Crippen LogP contribution in [0.5, 0.6) is 0 Å². The molecule has 2 heterocycles. The molecule has 0 spiro atoms. The SMILES string of the molecule is CCn1cc(N)c(C(=O)NC2CCN(C)C2=O)n1. The lowest BCUT2D eigenvalue weighted by atomic mass is 10.2. The van der Waals surface area contributed by atoms with E-state index >= 15 is 0 Å². The van der Waals surface area contributed by atoms with E-state index in [1.807, 2.05) is 6.92 Å². The Labute approximate surface area is 105 Å². The van der Waals surface area contributed by atoms with E-state index in [0.29, 0.717) is 25.2 Å². The first-order valence-corrected chi connectivity index (χ1v) is 5.91. The molecule has 2 amide bonds. The van der Waals surface area contributed by atoms with Crippen LogP contribution in [0.3, 0.4) is 0 Å². The number of amides is 2.